The summed E-state index contributed by atoms with van der Waals surface area (Å²) in [6, 6.07) is 5.31. The van der Waals surface area contributed by atoms with E-state index >= 15 is 0 Å². The normalized spacial score (nSPS) is 29.9. The Hall–Kier alpha value is -2.77. The number of nitrogens with zero attached hydrogens (tertiary/aromatic N) is 2. The topological polar surface area (TPSA) is 88.2 Å². The molecule has 8 nitrogen and oxygen atoms in total. The van der Waals surface area contributed by atoms with Crippen molar-refractivity contribution in [2.45, 2.75) is 63.5 Å². The van der Waals surface area contributed by atoms with Crippen LogP contribution in [0.1, 0.15) is 63.5 Å². The molecule has 5 rings (SSSR count). The number of amides is 4. The Balaban J connectivity index is 1.32. The van der Waals surface area contributed by atoms with Crippen LogP contribution < -0.4 is 14.8 Å². The molecular formula is C24H31N3O5. The fraction of sp³-hybridized carbons (Fsp3) is 0.625. The quantitative estimate of drug-likeness (QED) is 0.729. The molecule has 3 aliphatic heterocycles. The first-order chi connectivity index (χ1) is 15.5. The maximum absolute atomic E-state index is 13.3. The molecule has 4 aliphatic rings. The molecule has 1 aliphatic carbocycles. The molecule has 3 atom stereocenters. The van der Waals surface area contributed by atoms with Crippen LogP contribution in [-0.4, -0.2) is 59.5 Å². The number of likely N-dealkylation sites (tertiary alicyclic amines) is 1. The van der Waals surface area contributed by atoms with Crippen LogP contribution in [0.2, 0.25) is 0 Å². The van der Waals surface area contributed by atoms with Crippen LogP contribution in [0.25, 0.3) is 0 Å². The van der Waals surface area contributed by atoms with Crippen molar-refractivity contribution < 1.29 is 23.9 Å². The lowest BCUT2D eigenvalue weighted by Gasteiger charge is -2.36. The van der Waals surface area contributed by atoms with Crippen LogP contribution >= 0.6 is 0 Å². The Morgan fingerprint density at radius 2 is 1.91 bits per heavy atom. The highest BCUT2D eigenvalue weighted by Crippen LogP contribution is 2.40. The van der Waals surface area contributed by atoms with Crippen molar-refractivity contribution in [1.29, 1.82) is 0 Å². The molecule has 0 aromatic heterocycles. The fourth-order valence-electron chi connectivity index (χ4n) is 5.66. The number of carbonyl (C=O) groups excluding carboxylic acids is 3. The monoisotopic (exact) mass is 441 g/mol. The van der Waals surface area contributed by atoms with Gasteiger partial charge in [-0.15, -0.1) is 0 Å². The van der Waals surface area contributed by atoms with E-state index in [1.165, 1.54) is 0 Å². The standard InChI is InChI=1S/C24H31N3O5/c1-16-6-2-3-10-24(16)22(29)27(23(30)25-24)15-21(28)26-11-4-7-18(26)17-8-9-19-20(14-17)32-13-5-12-31-19/h8-9,14,16,18H,2-7,10-13,15H2,1H3,(H,25,30)/t16-,18+,24+/m1/s1. The van der Waals surface area contributed by atoms with E-state index in [1.807, 2.05) is 25.1 Å². The van der Waals surface area contributed by atoms with E-state index in [0.29, 0.717) is 31.9 Å². The van der Waals surface area contributed by atoms with Gasteiger partial charge in [0.1, 0.15) is 12.1 Å². The second kappa shape index (κ2) is 8.30. The maximum atomic E-state index is 13.3. The SMILES string of the molecule is C[C@@H]1CCCC[C@]12NC(=O)N(CC(=O)N1CCC[C@H]1c1ccc3c(c1)OCCCO3)C2=O. The molecule has 172 valence electrons. The number of hydrogen-bond donors (Lipinski definition) is 1. The first-order valence-electron chi connectivity index (χ1n) is 11.8. The van der Waals surface area contributed by atoms with Gasteiger partial charge in [0.15, 0.2) is 11.5 Å². The molecule has 4 amide bonds. The van der Waals surface area contributed by atoms with E-state index in [4.69, 9.17) is 9.47 Å². The van der Waals surface area contributed by atoms with Gasteiger partial charge in [-0.2, -0.15) is 0 Å². The summed E-state index contributed by atoms with van der Waals surface area (Å²) in [5, 5.41) is 2.93. The predicted octanol–water partition coefficient (Wildman–Crippen LogP) is 3.01. The van der Waals surface area contributed by atoms with Crippen molar-refractivity contribution in [3.8, 4) is 11.5 Å². The Bertz CT molecular complexity index is 934. The minimum atomic E-state index is -0.839. The van der Waals surface area contributed by atoms with Gasteiger partial charge >= 0.3 is 6.03 Å². The van der Waals surface area contributed by atoms with E-state index in [0.717, 1.165) is 54.7 Å². The highest BCUT2D eigenvalue weighted by molar-refractivity contribution is 6.09. The van der Waals surface area contributed by atoms with Gasteiger partial charge in [0.2, 0.25) is 5.91 Å². The van der Waals surface area contributed by atoms with Gasteiger partial charge in [-0.3, -0.25) is 14.5 Å². The Morgan fingerprint density at radius 1 is 1.09 bits per heavy atom. The van der Waals surface area contributed by atoms with Crippen molar-refractivity contribution in [3.63, 3.8) is 0 Å². The Labute approximate surface area is 188 Å². The summed E-state index contributed by atoms with van der Waals surface area (Å²) in [6.07, 6.45) is 6.09. The van der Waals surface area contributed by atoms with Crippen molar-refractivity contribution in [3.05, 3.63) is 23.8 Å². The summed E-state index contributed by atoms with van der Waals surface area (Å²) >= 11 is 0. The van der Waals surface area contributed by atoms with Gasteiger partial charge in [0.25, 0.3) is 5.91 Å². The number of carbonyl (C=O) groups is 3. The van der Waals surface area contributed by atoms with Crippen LogP contribution in [0.5, 0.6) is 11.5 Å². The minimum absolute atomic E-state index is 0.0779. The summed E-state index contributed by atoms with van der Waals surface area (Å²) in [6.45, 7) is 3.66. The minimum Gasteiger partial charge on any atom is -0.490 e. The van der Waals surface area contributed by atoms with Crippen LogP contribution in [0.4, 0.5) is 4.79 Å². The number of ether oxygens (including phenoxy) is 2. The van der Waals surface area contributed by atoms with Crippen LogP contribution in [0.15, 0.2) is 18.2 Å². The largest absolute Gasteiger partial charge is 0.490 e. The third-order valence-electron chi connectivity index (χ3n) is 7.52. The highest BCUT2D eigenvalue weighted by atomic mass is 16.5. The second-order valence-electron chi connectivity index (χ2n) is 9.44. The number of imide groups is 1. The van der Waals surface area contributed by atoms with Crippen LogP contribution in [0.3, 0.4) is 0 Å². The fourth-order valence-corrected chi connectivity index (χ4v) is 5.66. The Morgan fingerprint density at radius 3 is 2.72 bits per heavy atom. The lowest BCUT2D eigenvalue weighted by Crippen LogP contribution is -2.54. The number of benzene rings is 1. The molecule has 1 spiro atoms. The molecule has 1 saturated carbocycles. The third kappa shape index (κ3) is 3.49. The first kappa shape index (κ1) is 21.1. The molecule has 1 N–H and O–H groups in total. The number of nitrogens with one attached hydrogen (secondary N) is 1. The smallest absolute Gasteiger partial charge is 0.325 e. The summed E-state index contributed by atoms with van der Waals surface area (Å²) in [4.78, 5) is 42.1. The number of fused-ring (bicyclic) bond motifs is 1. The summed E-state index contributed by atoms with van der Waals surface area (Å²) in [7, 11) is 0. The van der Waals surface area contributed by atoms with Crippen molar-refractivity contribution in [2.75, 3.05) is 26.3 Å². The number of urea groups is 1. The molecular weight excluding hydrogens is 410 g/mol. The number of rotatable bonds is 3. The molecule has 3 fully saturated rings. The van der Waals surface area contributed by atoms with Crippen LogP contribution in [0, 0.1) is 5.92 Å². The Kier molecular flexibility index (Phi) is 5.47. The molecule has 0 bridgehead atoms. The lowest BCUT2D eigenvalue weighted by molar-refractivity contribution is -0.141. The summed E-state index contributed by atoms with van der Waals surface area (Å²) in [5.74, 6) is 1.09. The molecule has 0 radical (unpaired) electrons. The third-order valence-corrected chi connectivity index (χ3v) is 7.52. The first-order valence-corrected chi connectivity index (χ1v) is 11.8. The van der Waals surface area contributed by atoms with Crippen molar-refractivity contribution >= 4 is 17.8 Å². The average Bonchev–Trinajstić information content (AvgIpc) is 3.27. The van der Waals surface area contributed by atoms with E-state index < -0.39 is 11.6 Å². The highest BCUT2D eigenvalue weighted by Gasteiger charge is 2.55. The van der Waals surface area contributed by atoms with Crippen LogP contribution in [-0.2, 0) is 9.59 Å². The molecule has 0 unspecified atom stereocenters. The maximum Gasteiger partial charge on any atom is 0.325 e. The molecule has 1 aromatic rings. The average molecular weight is 442 g/mol. The molecule has 32 heavy (non-hydrogen) atoms. The van der Waals surface area contributed by atoms with E-state index in [-0.39, 0.29) is 30.3 Å². The van der Waals surface area contributed by atoms with E-state index in [2.05, 4.69) is 5.32 Å². The zero-order valence-corrected chi connectivity index (χ0v) is 18.6. The van der Waals surface area contributed by atoms with Crippen molar-refractivity contribution in [2.24, 2.45) is 5.92 Å². The van der Waals surface area contributed by atoms with Gasteiger partial charge in [-0.25, -0.2) is 4.79 Å². The molecule has 1 aromatic carbocycles. The summed E-state index contributed by atoms with van der Waals surface area (Å²) in [5.41, 5.74) is 0.156. The lowest BCUT2D eigenvalue weighted by atomic mass is 9.73. The molecule has 3 heterocycles. The van der Waals surface area contributed by atoms with Gasteiger partial charge in [0, 0.05) is 13.0 Å². The van der Waals surface area contributed by atoms with Gasteiger partial charge < -0.3 is 19.7 Å². The second-order valence-corrected chi connectivity index (χ2v) is 9.44. The molecule has 8 heteroatoms. The molecule has 2 saturated heterocycles. The zero-order chi connectivity index (χ0) is 22.3. The van der Waals surface area contributed by atoms with Gasteiger partial charge in [0.05, 0.1) is 19.3 Å². The van der Waals surface area contributed by atoms with E-state index in [1.54, 1.807) is 4.90 Å². The van der Waals surface area contributed by atoms with E-state index in [9.17, 15) is 14.4 Å². The van der Waals surface area contributed by atoms with Gasteiger partial charge in [-0.05, 0) is 49.3 Å². The van der Waals surface area contributed by atoms with Gasteiger partial charge in [-0.1, -0.05) is 25.8 Å². The number of hydrogen-bond acceptors (Lipinski definition) is 5. The van der Waals surface area contributed by atoms with Crippen molar-refractivity contribution in [1.82, 2.24) is 15.1 Å². The zero-order valence-electron chi connectivity index (χ0n) is 18.6. The predicted molar refractivity (Wildman–Crippen MR) is 116 cm³/mol. The summed E-state index contributed by atoms with van der Waals surface area (Å²) < 4.78 is 11.5.